The predicted molar refractivity (Wildman–Crippen MR) is 80.8 cm³/mol. The van der Waals surface area contributed by atoms with Gasteiger partial charge in [-0.25, -0.2) is 0 Å². The summed E-state index contributed by atoms with van der Waals surface area (Å²) in [6.45, 7) is 11.2. The maximum Gasteiger partial charge on any atom is 0.230 e. The number of carbonyl (C=O) groups excluding carboxylic acids is 1. The molecule has 3 heteroatoms. The zero-order valence-corrected chi connectivity index (χ0v) is 13.2. The summed E-state index contributed by atoms with van der Waals surface area (Å²) in [6.07, 6.45) is 5.08. The summed E-state index contributed by atoms with van der Waals surface area (Å²) >= 11 is 0. The largest absolute Gasteiger partial charge is 0.342 e. The van der Waals surface area contributed by atoms with Gasteiger partial charge in [0.25, 0.3) is 0 Å². The van der Waals surface area contributed by atoms with Crippen LogP contribution in [0.2, 0.25) is 0 Å². The van der Waals surface area contributed by atoms with E-state index in [2.05, 4.69) is 32.6 Å². The average Bonchev–Trinajstić information content (AvgIpc) is 2.87. The third-order valence-electron chi connectivity index (χ3n) is 4.76. The van der Waals surface area contributed by atoms with Crippen LogP contribution in [0.25, 0.3) is 0 Å². The lowest BCUT2D eigenvalue weighted by molar-refractivity contribution is -0.141. The zero-order chi connectivity index (χ0) is 14.5. The summed E-state index contributed by atoms with van der Waals surface area (Å²) in [5, 5.41) is 0. The van der Waals surface area contributed by atoms with Crippen molar-refractivity contribution in [3.05, 3.63) is 0 Å². The van der Waals surface area contributed by atoms with Gasteiger partial charge in [-0.05, 0) is 31.1 Å². The summed E-state index contributed by atoms with van der Waals surface area (Å²) in [6, 6.07) is 0. The Kier molecular flexibility index (Phi) is 6.31. The minimum absolute atomic E-state index is 0.296. The first-order chi connectivity index (χ1) is 9.00. The maximum atomic E-state index is 12.9. The molecule has 2 N–H and O–H groups in total. The number of nitrogens with two attached hydrogens (primary N) is 1. The molecule has 1 amide bonds. The molecule has 0 aromatic heterocycles. The molecular weight excluding hydrogens is 236 g/mol. The van der Waals surface area contributed by atoms with Crippen LogP contribution in [0.15, 0.2) is 0 Å². The molecule has 19 heavy (non-hydrogen) atoms. The highest BCUT2D eigenvalue weighted by atomic mass is 16.2. The van der Waals surface area contributed by atoms with Crippen LogP contribution in [0.5, 0.6) is 0 Å². The summed E-state index contributed by atoms with van der Waals surface area (Å²) in [5.74, 6) is 1.66. The smallest absolute Gasteiger partial charge is 0.230 e. The molecule has 0 bridgehead atoms. The SMILES string of the molecule is CCCC(CN)(CCC)C(=O)N1CCC(C(C)C)C1. The summed E-state index contributed by atoms with van der Waals surface area (Å²) in [4.78, 5) is 15.0. The van der Waals surface area contributed by atoms with Crippen LogP contribution in [0.1, 0.15) is 59.8 Å². The van der Waals surface area contributed by atoms with Crippen LogP contribution >= 0.6 is 0 Å². The normalized spacial score (nSPS) is 20.3. The van der Waals surface area contributed by atoms with Gasteiger partial charge in [0.2, 0.25) is 5.91 Å². The number of likely N-dealkylation sites (tertiary alicyclic amines) is 1. The lowest BCUT2D eigenvalue weighted by Gasteiger charge is -2.35. The molecule has 1 aliphatic heterocycles. The van der Waals surface area contributed by atoms with Gasteiger partial charge in [-0.1, -0.05) is 40.5 Å². The molecule has 1 heterocycles. The quantitative estimate of drug-likeness (QED) is 0.771. The highest BCUT2D eigenvalue weighted by Crippen LogP contribution is 2.34. The van der Waals surface area contributed by atoms with Crippen LogP contribution < -0.4 is 5.73 Å². The first kappa shape index (κ1) is 16.5. The fourth-order valence-electron chi connectivity index (χ4n) is 3.44. The fourth-order valence-corrected chi connectivity index (χ4v) is 3.44. The molecule has 0 radical (unpaired) electrons. The third kappa shape index (κ3) is 3.71. The van der Waals surface area contributed by atoms with Crippen molar-refractivity contribution in [1.82, 2.24) is 4.90 Å². The van der Waals surface area contributed by atoms with Crippen LogP contribution in [0.4, 0.5) is 0 Å². The molecule has 0 spiro atoms. The first-order valence-corrected chi connectivity index (χ1v) is 8.00. The van der Waals surface area contributed by atoms with Crippen LogP contribution in [0.3, 0.4) is 0 Å². The van der Waals surface area contributed by atoms with E-state index in [0.717, 1.165) is 45.2 Å². The fraction of sp³-hybridized carbons (Fsp3) is 0.938. The zero-order valence-electron chi connectivity index (χ0n) is 13.2. The van der Waals surface area contributed by atoms with E-state index in [1.54, 1.807) is 0 Å². The van der Waals surface area contributed by atoms with Crippen LogP contribution in [-0.2, 0) is 4.79 Å². The molecule has 1 aliphatic rings. The Labute approximate surface area is 118 Å². The van der Waals surface area contributed by atoms with Gasteiger partial charge in [-0.2, -0.15) is 0 Å². The summed E-state index contributed by atoms with van der Waals surface area (Å²) < 4.78 is 0. The molecule has 112 valence electrons. The van der Waals surface area contributed by atoms with E-state index < -0.39 is 0 Å². The van der Waals surface area contributed by atoms with Gasteiger partial charge in [0.1, 0.15) is 0 Å². The number of hydrogen-bond donors (Lipinski definition) is 1. The van der Waals surface area contributed by atoms with Crippen molar-refractivity contribution in [2.45, 2.75) is 59.8 Å². The Balaban J connectivity index is 2.77. The Morgan fingerprint density at radius 3 is 2.26 bits per heavy atom. The third-order valence-corrected chi connectivity index (χ3v) is 4.76. The molecule has 0 saturated carbocycles. The van der Waals surface area contributed by atoms with Crippen LogP contribution in [-0.4, -0.2) is 30.4 Å². The molecule has 1 atom stereocenters. The Bertz CT molecular complexity index is 282. The van der Waals surface area contributed by atoms with Gasteiger partial charge < -0.3 is 10.6 Å². The standard InChI is InChI=1S/C16H32N2O/c1-5-8-16(12-17,9-6-2)15(19)18-10-7-14(11-18)13(3)4/h13-14H,5-12,17H2,1-4H3. The van der Waals surface area contributed by atoms with Crippen molar-refractivity contribution in [3.8, 4) is 0 Å². The molecule has 1 unspecified atom stereocenters. The molecule has 1 saturated heterocycles. The van der Waals surface area contributed by atoms with Crippen molar-refractivity contribution < 1.29 is 4.79 Å². The average molecular weight is 268 g/mol. The minimum atomic E-state index is -0.296. The highest BCUT2D eigenvalue weighted by Gasteiger charge is 2.40. The van der Waals surface area contributed by atoms with Crippen molar-refractivity contribution >= 4 is 5.91 Å². The van der Waals surface area contributed by atoms with Crippen molar-refractivity contribution in [2.75, 3.05) is 19.6 Å². The minimum Gasteiger partial charge on any atom is -0.342 e. The van der Waals surface area contributed by atoms with Gasteiger partial charge in [0.05, 0.1) is 5.41 Å². The van der Waals surface area contributed by atoms with Gasteiger partial charge >= 0.3 is 0 Å². The molecule has 1 rings (SSSR count). The molecule has 0 aliphatic carbocycles. The molecule has 3 nitrogen and oxygen atoms in total. The van der Waals surface area contributed by atoms with Crippen LogP contribution in [0, 0.1) is 17.3 Å². The second-order valence-electron chi connectivity index (χ2n) is 6.53. The monoisotopic (exact) mass is 268 g/mol. The van der Waals surface area contributed by atoms with E-state index in [-0.39, 0.29) is 5.41 Å². The number of nitrogens with zero attached hydrogens (tertiary/aromatic N) is 1. The lowest BCUT2D eigenvalue weighted by Crippen LogP contribution is -2.47. The Hall–Kier alpha value is -0.570. The van der Waals surface area contributed by atoms with Gasteiger partial charge in [0, 0.05) is 19.6 Å². The Morgan fingerprint density at radius 1 is 1.32 bits per heavy atom. The van der Waals surface area contributed by atoms with Gasteiger partial charge in [-0.15, -0.1) is 0 Å². The van der Waals surface area contributed by atoms with Crippen molar-refractivity contribution in [1.29, 1.82) is 0 Å². The van der Waals surface area contributed by atoms with Gasteiger partial charge in [-0.3, -0.25) is 4.79 Å². The highest BCUT2D eigenvalue weighted by molar-refractivity contribution is 5.83. The number of amides is 1. The van der Waals surface area contributed by atoms with E-state index in [9.17, 15) is 4.79 Å². The van der Waals surface area contributed by atoms with Crippen molar-refractivity contribution in [3.63, 3.8) is 0 Å². The number of hydrogen-bond acceptors (Lipinski definition) is 2. The van der Waals surface area contributed by atoms with E-state index in [1.807, 2.05) is 0 Å². The van der Waals surface area contributed by atoms with E-state index >= 15 is 0 Å². The summed E-state index contributed by atoms with van der Waals surface area (Å²) in [7, 11) is 0. The number of carbonyl (C=O) groups is 1. The topological polar surface area (TPSA) is 46.3 Å². The molecule has 0 aromatic rings. The molecular formula is C16H32N2O. The number of rotatable bonds is 7. The van der Waals surface area contributed by atoms with E-state index in [1.165, 1.54) is 0 Å². The maximum absolute atomic E-state index is 12.9. The first-order valence-electron chi connectivity index (χ1n) is 8.00. The predicted octanol–water partition coefficient (Wildman–Crippen LogP) is 3.04. The molecule has 1 fully saturated rings. The van der Waals surface area contributed by atoms with E-state index in [0.29, 0.717) is 24.3 Å². The lowest BCUT2D eigenvalue weighted by atomic mass is 9.78. The summed E-state index contributed by atoms with van der Waals surface area (Å²) in [5.41, 5.74) is 5.70. The van der Waals surface area contributed by atoms with Crippen molar-refractivity contribution in [2.24, 2.45) is 23.0 Å². The second-order valence-corrected chi connectivity index (χ2v) is 6.53. The Morgan fingerprint density at radius 2 is 1.89 bits per heavy atom. The van der Waals surface area contributed by atoms with E-state index in [4.69, 9.17) is 5.73 Å². The second kappa shape index (κ2) is 7.28. The van der Waals surface area contributed by atoms with Gasteiger partial charge in [0.15, 0.2) is 0 Å². The molecule has 0 aromatic carbocycles.